The van der Waals surface area contributed by atoms with Crippen molar-refractivity contribution in [1.82, 2.24) is 9.80 Å². The Labute approximate surface area is 199 Å². The minimum Gasteiger partial charge on any atom is -0.366 e. The lowest BCUT2D eigenvalue weighted by Gasteiger charge is -2.36. The zero-order valence-corrected chi connectivity index (χ0v) is 19.5. The first-order valence-corrected chi connectivity index (χ1v) is 11.9. The summed E-state index contributed by atoms with van der Waals surface area (Å²) < 4.78 is 14.0. The lowest BCUT2D eigenvalue weighted by molar-refractivity contribution is -0.128. The molecule has 0 spiro atoms. The van der Waals surface area contributed by atoms with Gasteiger partial charge in [0.1, 0.15) is 5.82 Å². The van der Waals surface area contributed by atoms with Crippen LogP contribution in [0.5, 0.6) is 0 Å². The Morgan fingerprint density at radius 2 is 1.74 bits per heavy atom. The number of nitrogens with zero attached hydrogens (tertiary/aromatic N) is 3. The summed E-state index contributed by atoms with van der Waals surface area (Å²) in [5, 5.41) is 2.87. The number of likely N-dealkylation sites (tertiary alicyclic amines) is 1. The van der Waals surface area contributed by atoms with Crippen molar-refractivity contribution in [3.05, 3.63) is 59.9 Å². The van der Waals surface area contributed by atoms with Crippen LogP contribution in [0.2, 0.25) is 0 Å². The van der Waals surface area contributed by atoms with E-state index in [0.29, 0.717) is 56.2 Å². The Bertz CT molecular complexity index is 1030. The van der Waals surface area contributed by atoms with Crippen LogP contribution in [0.15, 0.2) is 48.5 Å². The monoisotopic (exact) mass is 466 g/mol. The van der Waals surface area contributed by atoms with E-state index in [0.717, 1.165) is 12.8 Å². The highest BCUT2D eigenvalue weighted by Crippen LogP contribution is 2.22. The third-order valence-corrected chi connectivity index (χ3v) is 6.53. The molecule has 4 rings (SSSR count). The molecule has 2 aliphatic rings. The second kappa shape index (κ2) is 10.7. The average Bonchev–Trinajstić information content (AvgIpc) is 3.24. The number of hydrogen-bond donors (Lipinski definition) is 1. The second-order valence-electron chi connectivity index (χ2n) is 8.89. The van der Waals surface area contributed by atoms with Crippen molar-refractivity contribution in [2.45, 2.75) is 26.2 Å². The lowest BCUT2D eigenvalue weighted by Crippen LogP contribution is -2.49. The molecule has 2 saturated heterocycles. The van der Waals surface area contributed by atoms with Crippen LogP contribution >= 0.6 is 0 Å². The number of benzene rings is 2. The van der Waals surface area contributed by atoms with Gasteiger partial charge >= 0.3 is 0 Å². The summed E-state index contributed by atoms with van der Waals surface area (Å²) in [7, 11) is 0. The number of carbonyl (C=O) groups is 3. The van der Waals surface area contributed by atoms with Crippen molar-refractivity contribution >= 4 is 29.1 Å². The average molecular weight is 467 g/mol. The Morgan fingerprint density at radius 3 is 2.41 bits per heavy atom. The van der Waals surface area contributed by atoms with Crippen LogP contribution in [0.25, 0.3) is 0 Å². The zero-order valence-electron chi connectivity index (χ0n) is 19.5. The largest absolute Gasteiger partial charge is 0.366 e. The van der Waals surface area contributed by atoms with Crippen LogP contribution in [-0.2, 0) is 9.59 Å². The molecule has 34 heavy (non-hydrogen) atoms. The summed E-state index contributed by atoms with van der Waals surface area (Å²) in [6, 6.07) is 13.5. The fourth-order valence-corrected chi connectivity index (χ4v) is 4.49. The number of piperazine rings is 1. The number of amides is 3. The van der Waals surface area contributed by atoms with E-state index in [1.807, 2.05) is 11.0 Å². The van der Waals surface area contributed by atoms with E-state index in [1.165, 1.54) is 6.07 Å². The van der Waals surface area contributed by atoms with Gasteiger partial charge in [-0.05, 0) is 42.8 Å². The molecule has 1 unspecified atom stereocenters. The minimum absolute atomic E-state index is 0.0321. The fraction of sp³-hybridized carbons (Fsp3) is 0.423. The highest BCUT2D eigenvalue weighted by molar-refractivity contribution is 5.98. The predicted octanol–water partition coefficient (Wildman–Crippen LogP) is 3.38. The molecule has 180 valence electrons. The normalized spacial score (nSPS) is 18.4. The molecule has 7 nitrogen and oxygen atoms in total. The number of nitrogens with one attached hydrogen (secondary N) is 1. The summed E-state index contributed by atoms with van der Waals surface area (Å²) in [6.45, 7) is 5.38. The van der Waals surface area contributed by atoms with Gasteiger partial charge in [0.05, 0.1) is 11.6 Å². The molecule has 0 radical (unpaired) electrons. The smallest absolute Gasteiger partial charge is 0.253 e. The van der Waals surface area contributed by atoms with E-state index < -0.39 is 0 Å². The van der Waals surface area contributed by atoms with Crippen molar-refractivity contribution in [1.29, 1.82) is 0 Å². The van der Waals surface area contributed by atoms with Crippen LogP contribution in [0.3, 0.4) is 0 Å². The first kappa shape index (κ1) is 23.7. The lowest BCUT2D eigenvalue weighted by atomic mass is 10.1. The molecule has 0 bridgehead atoms. The molecular formula is C26H31FN4O3. The number of rotatable bonds is 7. The first-order valence-electron chi connectivity index (χ1n) is 11.9. The van der Waals surface area contributed by atoms with Crippen molar-refractivity contribution in [3.8, 4) is 0 Å². The van der Waals surface area contributed by atoms with E-state index in [2.05, 4.69) is 12.2 Å². The highest BCUT2D eigenvalue weighted by atomic mass is 19.1. The maximum atomic E-state index is 14.0. The third kappa shape index (κ3) is 5.38. The van der Waals surface area contributed by atoms with Crippen molar-refractivity contribution in [2.24, 2.45) is 5.92 Å². The van der Waals surface area contributed by atoms with Crippen LogP contribution < -0.4 is 10.2 Å². The van der Waals surface area contributed by atoms with E-state index in [9.17, 15) is 18.8 Å². The van der Waals surface area contributed by atoms with Gasteiger partial charge in [0.15, 0.2) is 0 Å². The fourth-order valence-electron chi connectivity index (χ4n) is 4.49. The zero-order chi connectivity index (χ0) is 24.1. The van der Waals surface area contributed by atoms with Gasteiger partial charge in [-0.1, -0.05) is 25.5 Å². The number of anilines is 2. The first-order chi connectivity index (χ1) is 16.5. The summed E-state index contributed by atoms with van der Waals surface area (Å²) in [6.07, 6.45) is 2.19. The summed E-state index contributed by atoms with van der Waals surface area (Å²) in [5.41, 5.74) is 1.71. The van der Waals surface area contributed by atoms with Crippen molar-refractivity contribution < 1.29 is 18.8 Å². The number of carbonyl (C=O) groups excluding carboxylic acids is 3. The summed E-state index contributed by atoms with van der Waals surface area (Å²) >= 11 is 0. The molecule has 2 aromatic rings. The Kier molecular flexibility index (Phi) is 7.45. The maximum absolute atomic E-state index is 14.0. The quantitative estimate of drug-likeness (QED) is 0.679. The van der Waals surface area contributed by atoms with Crippen LogP contribution in [0.1, 0.15) is 36.5 Å². The Morgan fingerprint density at radius 1 is 1.03 bits per heavy atom. The van der Waals surface area contributed by atoms with Gasteiger partial charge in [0, 0.05) is 56.9 Å². The maximum Gasteiger partial charge on any atom is 0.253 e. The topological polar surface area (TPSA) is 73.0 Å². The van der Waals surface area contributed by atoms with Gasteiger partial charge < -0.3 is 20.0 Å². The van der Waals surface area contributed by atoms with Gasteiger partial charge in [-0.25, -0.2) is 4.39 Å². The Balaban J connectivity index is 1.29. The number of halogens is 1. The molecule has 8 heteroatoms. The van der Waals surface area contributed by atoms with Crippen LogP contribution in [0.4, 0.5) is 15.8 Å². The summed E-state index contributed by atoms with van der Waals surface area (Å²) in [5.74, 6) is -0.827. The molecule has 1 N–H and O–H groups in total. The van der Waals surface area contributed by atoms with Crippen molar-refractivity contribution in [2.75, 3.05) is 49.5 Å². The van der Waals surface area contributed by atoms with Crippen LogP contribution in [-0.4, -0.2) is 66.8 Å². The second-order valence-corrected chi connectivity index (χ2v) is 8.89. The van der Waals surface area contributed by atoms with E-state index in [1.54, 1.807) is 46.2 Å². The van der Waals surface area contributed by atoms with E-state index in [-0.39, 0.29) is 35.9 Å². The van der Waals surface area contributed by atoms with E-state index >= 15 is 0 Å². The molecule has 2 heterocycles. The number of unbranched alkanes of at least 4 members (excludes halogenated alkanes) is 1. The third-order valence-electron chi connectivity index (χ3n) is 6.53. The molecule has 3 amide bonds. The predicted molar refractivity (Wildman–Crippen MR) is 129 cm³/mol. The molecule has 1 atom stereocenters. The Hall–Kier alpha value is -3.42. The summed E-state index contributed by atoms with van der Waals surface area (Å²) in [4.78, 5) is 43.1. The van der Waals surface area contributed by atoms with E-state index in [4.69, 9.17) is 0 Å². The van der Waals surface area contributed by atoms with Crippen LogP contribution in [0, 0.1) is 11.7 Å². The molecule has 0 aromatic heterocycles. The highest BCUT2D eigenvalue weighted by Gasteiger charge is 2.34. The number of para-hydroxylation sites is 1. The molecule has 2 aromatic carbocycles. The SMILES string of the molecule is CCCCN1CC(C(=O)Nc2ccc(C(=O)N3CCN(c4ccccc4F)CC3)cc2)CC1=O. The van der Waals surface area contributed by atoms with Crippen molar-refractivity contribution in [3.63, 3.8) is 0 Å². The van der Waals surface area contributed by atoms with Gasteiger partial charge in [-0.3, -0.25) is 14.4 Å². The van der Waals surface area contributed by atoms with Gasteiger partial charge in [0.2, 0.25) is 11.8 Å². The molecule has 0 aliphatic carbocycles. The molecular weight excluding hydrogens is 435 g/mol. The van der Waals surface area contributed by atoms with Gasteiger partial charge in [-0.2, -0.15) is 0 Å². The number of hydrogen-bond acceptors (Lipinski definition) is 4. The minimum atomic E-state index is -0.351. The molecule has 0 saturated carbocycles. The van der Waals surface area contributed by atoms with Gasteiger partial charge in [-0.15, -0.1) is 0 Å². The standard InChI is InChI=1S/C26H31FN4O3/c1-2-3-12-31-18-20(17-24(31)32)25(33)28-21-10-8-19(9-11-21)26(34)30-15-13-29(14-16-30)23-7-5-4-6-22(23)27/h4-11,20H,2-3,12-18H2,1H3,(H,28,33). The molecule has 2 fully saturated rings. The van der Waals surface area contributed by atoms with Gasteiger partial charge in [0.25, 0.3) is 5.91 Å². The molecule has 2 aliphatic heterocycles.